The molecule has 0 radical (unpaired) electrons. The Morgan fingerprint density at radius 1 is 1.17 bits per heavy atom. The van der Waals surface area contributed by atoms with E-state index in [9.17, 15) is 0 Å². The largest absolute Gasteiger partial charge is 0.363 e. The first-order valence-corrected chi connectivity index (χ1v) is 8.44. The molecular weight excluding hydrogens is 286 g/mol. The zero-order valence-electron chi connectivity index (χ0n) is 14.8. The van der Waals surface area contributed by atoms with Gasteiger partial charge in [-0.2, -0.15) is 5.10 Å². The predicted molar refractivity (Wildman–Crippen MR) is 94.5 cm³/mol. The molecule has 0 aliphatic rings. The Labute approximate surface area is 140 Å². The summed E-state index contributed by atoms with van der Waals surface area (Å²) in [5.74, 6) is 0. The molecule has 0 amide bonds. The summed E-state index contributed by atoms with van der Waals surface area (Å²) in [5, 5.41) is 4.51. The number of nitrogens with zero attached hydrogens (tertiary/aromatic N) is 3. The van der Waals surface area contributed by atoms with Gasteiger partial charge in [-0.3, -0.25) is 4.68 Å². The second-order valence-electron chi connectivity index (χ2n) is 6.34. The minimum absolute atomic E-state index is 0.485. The molecule has 4 nitrogen and oxygen atoms in total. The van der Waals surface area contributed by atoms with Crippen LogP contribution in [0.25, 0.3) is 0 Å². The van der Waals surface area contributed by atoms with Gasteiger partial charge >= 0.3 is 0 Å². The lowest BCUT2D eigenvalue weighted by atomic mass is 9.92. The van der Waals surface area contributed by atoms with Crippen molar-refractivity contribution in [1.82, 2.24) is 14.7 Å². The third-order valence-corrected chi connectivity index (χ3v) is 4.18. The van der Waals surface area contributed by atoms with Gasteiger partial charge in [0.25, 0.3) is 0 Å². The van der Waals surface area contributed by atoms with Crippen molar-refractivity contribution in [2.75, 3.05) is 27.2 Å². The van der Waals surface area contributed by atoms with Crippen molar-refractivity contribution < 1.29 is 4.74 Å². The maximum Gasteiger partial charge on any atom is 0.132 e. The van der Waals surface area contributed by atoms with Crippen LogP contribution in [0, 0.1) is 0 Å². The van der Waals surface area contributed by atoms with E-state index in [1.807, 2.05) is 12.3 Å². The first-order valence-electron chi connectivity index (χ1n) is 8.44. The van der Waals surface area contributed by atoms with Crippen LogP contribution >= 0.6 is 0 Å². The quantitative estimate of drug-likeness (QED) is 0.709. The second-order valence-corrected chi connectivity index (χ2v) is 6.34. The minimum atomic E-state index is -0.485. The first-order chi connectivity index (χ1) is 11.1. The summed E-state index contributed by atoms with van der Waals surface area (Å²) < 4.78 is 8.48. The van der Waals surface area contributed by atoms with Gasteiger partial charge in [-0.25, -0.2) is 0 Å². The van der Waals surface area contributed by atoms with Crippen LogP contribution in [-0.4, -0.2) is 41.9 Å². The molecule has 2 rings (SSSR count). The van der Waals surface area contributed by atoms with Crippen molar-refractivity contribution >= 4 is 0 Å². The lowest BCUT2D eigenvalue weighted by Gasteiger charge is -2.32. The average molecular weight is 315 g/mol. The number of likely N-dealkylation sites (N-methyl/N-ethyl adjacent to an activating group) is 1. The molecule has 0 saturated heterocycles. The van der Waals surface area contributed by atoms with Crippen LogP contribution in [0.3, 0.4) is 0 Å². The van der Waals surface area contributed by atoms with E-state index in [1.165, 1.54) is 0 Å². The Kier molecular flexibility index (Phi) is 6.37. The molecule has 0 aliphatic heterocycles. The monoisotopic (exact) mass is 315 g/mol. The van der Waals surface area contributed by atoms with Crippen molar-refractivity contribution in [3.05, 3.63) is 53.9 Å². The molecule has 126 valence electrons. The zero-order chi connectivity index (χ0) is 16.7. The maximum absolute atomic E-state index is 6.39. The topological polar surface area (TPSA) is 30.3 Å². The van der Waals surface area contributed by atoms with Gasteiger partial charge in [0.15, 0.2) is 0 Å². The third kappa shape index (κ3) is 4.43. The van der Waals surface area contributed by atoms with E-state index in [0.717, 1.165) is 37.2 Å². The highest BCUT2D eigenvalue weighted by atomic mass is 16.5. The Hall–Kier alpha value is -1.65. The van der Waals surface area contributed by atoms with Crippen LogP contribution in [0.4, 0.5) is 0 Å². The first kappa shape index (κ1) is 17.7. The van der Waals surface area contributed by atoms with Gasteiger partial charge in [0, 0.05) is 19.3 Å². The summed E-state index contributed by atoms with van der Waals surface area (Å²) in [6, 6.07) is 12.5. The highest BCUT2D eigenvalue weighted by Crippen LogP contribution is 2.33. The lowest BCUT2D eigenvalue weighted by Crippen LogP contribution is -2.33. The van der Waals surface area contributed by atoms with Crippen LogP contribution in [0.2, 0.25) is 0 Å². The summed E-state index contributed by atoms with van der Waals surface area (Å²) in [5.41, 5.74) is 1.80. The minimum Gasteiger partial charge on any atom is -0.363 e. The van der Waals surface area contributed by atoms with Crippen molar-refractivity contribution in [3.63, 3.8) is 0 Å². The molecule has 0 aliphatic carbocycles. The van der Waals surface area contributed by atoms with Crippen molar-refractivity contribution in [1.29, 1.82) is 0 Å². The van der Waals surface area contributed by atoms with Gasteiger partial charge in [-0.05, 0) is 39.1 Å². The maximum atomic E-state index is 6.39. The standard InChI is InChI=1S/C19H29N3O/c1-5-6-14-22-18(12-13-20-22)19(2,23-16-15-21(3)4)17-10-8-7-9-11-17/h7-13H,5-6,14-16H2,1-4H3. The van der Waals surface area contributed by atoms with Crippen LogP contribution < -0.4 is 0 Å². The number of aromatic nitrogens is 2. The van der Waals surface area contributed by atoms with Crippen LogP contribution in [0.5, 0.6) is 0 Å². The van der Waals surface area contributed by atoms with Gasteiger partial charge in [0.2, 0.25) is 0 Å². The predicted octanol–water partition coefficient (Wildman–Crippen LogP) is 3.52. The van der Waals surface area contributed by atoms with E-state index >= 15 is 0 Å². The van der Waals surface area contributed by atoms with Gasteiger partial charge in [-0.15, -0.1) is 0 Å². The number of unbranched alkanes of at least 4 members (excludes halogenated alkanes) is 1. The van der Waals surface area contributed by atoms with Crippen molar-refractivity contribution in [2.45, 2.75) is 38.8 Å². The van der Waals surface area contributed by atoms with Crippen LogP contribution in [-0.2, 0) is 16.9 Å². The number of hydrogen-bond acceptors (Lipinski definition) is 3. The Bertz CT molecular complexity index is 579. The second kappa shape index (κ2) is 8.27. The molecule has 0 N–H and O–H groups in total. The fourth-order valence-corrected chi connectivity index (χ4v) is 2.72. The number of benzene rings is 1. The van der Waals surface area contributed by atoms with E-state index in [2.05, 4.69) is 73.0 Å². The molecule has 1 unspecified atom stereocenters. The van der Waals surface area contributed by atoms with E-state index in [1.54, 1.807) is 0 Å². The van der Waals surface area contributed by atoms with E-state index in [0.29, 0.717) is 6.61 Å². The third-order valence-electron chi connectivity index (χ3n) is 4.18. The molecule has 0 spiro atoms. The Morgan fingerprint density at radius 2 is 1.91 bits per heavy atom. The van der Waals surface area contributed by atoms with Gasteiger partial charge in [-0.1, -0.05) is 43.7 Å². The molecule has 2 aromatic rings. The molecular formula is C19H29N3O. The van der Waals surface area contributed by atoms with Gasteiger partial charge in [0.05, 0.1) is 12.3 Å². The average Bonchev–Trinajstić information content (AvgIpc) is 3.02. The molecule has 1 aromatic heterocycles. The van der Waals surface area contributed by atoms with Crippen molar-refractivity contribution in [2.24, 2.45) is 0 Å². The number of ether oxygens (including phenoxy) is 1. The van der Waals surface area contributed by atoms with Gasteiger partial charge in [0.1, 0.15) is 5.60 Å². The van der Waals surface area contributed by atoms with E-state index < -0.39 is 5.60 Å². The molecule has 4 heteroatoms. The summed E-state index contributed by atoms with van der Waals surface area (Å²) in [6.45, 7) is 6.85. The Balaban J connectivity index is 2.31. The van der Waals surface area contributed by atoms with Crippen molar-refractivity contribution in [3.8, 4) is 0 Å². The summed E-state index contributed by atoms with van der Waals surface area (Å²) in [6.07, 6.45) is 4.15. The molecule has 1 aromatic carbocycles. The molecule has 0 bridgehead atoms. The molecule has 1 heterocycles. The van der Waals surface area contributed by atoms with Crippen LogP contribution in [0.1, 0.15) is 37.9 Å². The fraction of sp³-hybridized carbons (Fsp3) is 0.526. The number of hydrogen-bond donors (Lipinski definition) is 0. The highest BCUT2D eigenvalue weighted by Gasteiger charge is 2.33. The summed E-state index contributed by atoms with van der Waals surface area (Å²) in [7, 11) is 4.13. The zero-order valence-corrected chi connectivity index (χ0v) is 14.8. The molecule has 1 atom stereocenters. The molecule has 0 fully saturated rings. The summed E-state index contributed by atoms with van der Waals surface area (Å²) in [4.78, 5) is 2.14. The number of rotatable bonds is 9. The SMILES string of the molecule is CCCCn1nccc1C(C)(OCCN(C)C)c1ccccc1. The van der Waals surface area contributed by atoms with Gasteiger partial charge < -0.3 is 9.64 Å². The lowest BCUT2D eigenvalue weighted by molar-refractivity contribution is -0.0162. The van der Waals surface area contributed by atoms with E-state index in [4.69, 9.17) is 4.74 Å². The van der Waals surface area contributed by atoms with Crippen LogP contribution in [0.15, 0.2) is 42.6 Å². The molecule has 23 heavy (non-hydrogen) atoms. The molecule has 0 saturated carbocycles. The normalized spacial score (nSPS) is 14.1. The number of aryl methyl sites for hydroxylation is 1. The summed E-state index contributed by atoms with van der Waals surface area (Å²) >= 11 is 0. The fourth-order valence-electron chi connectivity index (χ4n) is 2.72. The highest BCUT2D eigenvalue weighted by molar-refractivity contribution is 5.31. The smallest absolute Gasteiger partial charge is 0.132 e. The Morgan fingerprint density at radius 3 is 2.57 bits per heavy atom. The van der Waals surface area contributed by atoms with E-state index in [-0.39, 0.29) is 0 Å².